The lowest BCUT2D eigenvalue weighted by atomic mass is 10.4. The second-order valence-corrected chi connectivity index (χ2v) is 4.20. The molecule has 22 heavy (non-hydrogen) atoms. The molecule has 9 heteroatoms. The van der Waals surface area contributed by atoms with Gasteiger partial charge in [0.1, 0.15) is 12.4 Å². The Morgan fingerprint density at radius 2 is 2.18 bits per heavy atom. The number of guanidine groups is 1. The third-order valence-corrected chi connectivity index (χ3v) is 2.64. The molecule has 1 heterocycles. The highest BCUT2D eigenvalue weighted by Crippen LogP contribution is 2.12. The van der Waals surface area contributed by atoms with Gasteiger partial charge in [0, 0.05) is 38.7 Å². The lowest BCUT2D eigenvalue weighted by Crippen LogP contribution is -2.38. The van der Waals surface area contributed by atoms with Crippen molar-refractivity contribution in [3.8, 4) is 0 Å². The van der Waals surface area contributed by atoms with E-state index >= 15 is 0 Å². The second-order valence-electron chi connectivity index (χ2n) is 4.20. The summed E-state index contributed by atoms with van der Waals surface area (Å²) < 4.78 is 31.4. The van der Waals surface area contributed by atoms with Gasteiger partial charge in [0.2, 0.25) is 0 Å². The van der Waals surface area contributed by atoms with Crippen LogP contribution in [0, 0.1) is 0 Å². The number of hydrogen-bond donors (Lipinski definition) is 2. The molecule has 0 amide bonds. The first kappa shape index (κ1) is 21.0. The summed E-state index contributed by atoms with van der Waals surface area (Å²) in [7, 11) is 0. The number of nitrogens with one attached hydrogen (secondary N) is 2. The van der Waals surface area contributed by atoms with Crippen molar-refractivity contribution in [2.45, 2.75) is 33.4 Å². The molecule has 0 aliphatic heterocycles. The SMILES string of the molecule is CCNC(=NCc1nccn1C(F)F)NCCCOCC.I. The van der Waals surface area contributed by atoms with Gasteiger partial charge in [-0.2, -0.15) is 8.78 Å². The quantitative estimate of drug-likeness (QED) is 0.273. The molecule has 1 rings (SSSR count). The molecule has 6 nitrogen and oxygen atoms in total. The number of halogens is 3. The van der Waals surface area contributed by atoms with Crippen LogP contribution >= 0.6 is 24.0 Å². The smallest absolute Gasteiger partial charge is 0.319 e. The molecule has 128 valence electrons. The normalized spacial score (nSPS) is 11.4. The van der Waals surface area contributed by atoms with Crippen LogP contribution in [0.2, 0.25) is 0 Å². The van der Waals surface area contributed by atoms with E-state index in [-0.39, 0.29) is 36.3 Å². The first-order valence-corrected chi connectivity index (χ1v) is 7.08. The summed E-state index contributed by atoms with van der Waals surface area (Å²) in [6.07, 6.45) is 3.45. The lowest BCUT2D eigenvalue weighted by Gasteiger charge is -2.11. The predicted octanol–water partition coefficient (Wildman–Crippen LogP) is 2.38. The van der Waals surface area contributed by atoms with Crippen LogP contribution in [0.5, 0.6) is 0 Å². The minimum Gasteiger partial charge on any atom is -0.382 e. The predicted molar refractivity (Wildman–Crippen MR) is 92.8 cm³/mol. The van der Waals surface area contributed by atoms with Crippen LogP contribution in [0.15, 0.2) is 17.4 Å². The maximum Gasteiger partial charge on any atom is 0.319 e. The number of hydrogen-bond acceptors (Lipinski definition) is 3. The zero-order chi connectivity index (χ0) is 15.5. The zero-order valence-corrected chi connectivity index (χ0v) is 15.2. The van der Waals surface area contributed by atoms with Crippen molar-refractivity contribution in [2.24, 2.45) is 4.99 Å². The molecular weight excluding hydrogens is 407 g/mol. The average molecular weight is 431 g/mol. The summed E-state index contributed by atoms with van der Waals surface area (Å²) in [4.78, 5) is 8.14. The second kappa shape index (κ2) is 12.6. The van der Waals surface area contributed by atoms with Gasteiger partial charge in [0.05, 0.1) is 0 Å². The Labute approximate surface area is 146 Å². The molecule has 0 aliphatic rings. The molecule has 0 atom stereocenters. The Balaban J connectivity index is 0.00000441. The fourth-order valence-electron chi connectivity index (χ4n) is 1.66. The standard InChI is InChI=1S/C13H23F2N5O.HI/c1-3-16-13(18-6-5-9-21-4-2)19-10-11-17-7-8-20(11)12(14)15;/h7-8,12H,3-6,9-10H2,1-2H3,(H2,16,18,19);1H. The molecule has 0 aliphatic carbocycles. The molecule has 0 aromatic carbocycles. The molecule has 0 saturated heterocycles. The van der Waals surface area contributed by atoms with Crippen molar-refractivity contribution in [3.63, 3.8) is 0 Å². The van der Waals surface area contributed by atoms with Crippen LogP contribution in [0.1, 0.15) is 32.6 Å². The van der Waals surface area contributed by atoms with E-state index in [9.17, 15) is 8.78 Å². The van der Waals surface area contributed by atoms with Crippen molar-refractivity contribution >= 4 is 29.9 Å². The number of aromatic nitrogens is 2. The summed E-state index contributed by atoms with van der Waals surface area (Å²) in [6.45, 7) is 4.16. The molecular formula is C13H24F2IN5O. The number of aliphatic imine (C=N–C) groups is 1. The highest BCUT2D eigenvalue weighted by Gasteiger charge is 2.10. The van der Waals surface area contributed by atoms with Crippen molar-refractivity contribution in [1.82, 2.24) is 20.2 Å². The summed E-state index contributed by atoms with van der Waals surface area (Å²) in [5.74, 6) is 0.814. The fourth-order valence-corrected chi connectivity index (χ4v) is 1.66. The topological polar surface area (TPSA) is 63.5 Å². The maximum atomic E-state index is 12.7. The minimum absolute atomic E-state index is 0. The molecule has 0 bridgehead atoms. The van der Waals surface area contributed by atoms with Gasteiger partial charge in [-0.3, -0.25) is 4.57 Å². The number of nitrogens with zero attached hydrogens (tertiary/aromatic N) is 3. The van der Waals surface area contributed by atoms with Gasteiger partial charge < -0.3 is 15.4 Å². The molecule has 0 radical (unpaired) electrons. The first-order chi connectivity index (χ1) is 10.2. The molecule has 0 spiro atoms. The van der Waals surface area contributed by atoms with E-state index in [1.54, 1.807) is 0 Å². The molecule has 1 aromatic rings. The zero-order valence-electron chi connectivity index (χ0n) is 12.9. The van der Waals surface area contributed by atoms with Crippen LogP contribution in [0.3, 0.4) is 0 Å². The number of rotatable bonds is 9. The van der Waals surface area contributed by atoms with E-state index in [0.29, 0.717) is 32.3 Å². The summed E-state index contributed by atoms with van der Waals surface area (Å²) >= 11 is 0. The Morgan fingerprint density at radius 3 is 2.82 bits per heavy atom. The van der Waals surface area contributed by atoms with Crippen LogP contribution in [0.4, 0.5) is 8.78 Å². The maximum absolute atomic E-state index is 12.7. The van der Waals surface area contributed by atoms with Crippen LogP contribution in [0.25, 0.3) is 0 Å². The van der Waals surface area contributed by atoms with Gasteiger partial charge in [0.15, 0.2) is 5.96 Å². The van der Waals surface area contributed by atoms with Crippen LogP contribution < -0.4 is 10.6 Å². The Morgan fingerprint density at radius 1 is 1.41 bits per heavy atom. The molecule has 0 saturated carbocycles. The summed E-state index contributed by atoms with van der Waals surface area (Å²) in [5, 5.41) is 6.18. The third-order valence-electron chi connectivity index (χ3n) is 2.64. The number of imidazole rings is 1. The van der Waals surface area contributed by atoms with E-state index in [1.165, 1.54) is 12.4 Å². The van der Waals surface area contributed by atoms with E-state index in [1.807, 2.05) is 13.8 Å². The van der Waals surface area contributed by atoms with Gasteiger partial charge >= 0.3 is 6.55 Å². The van der Waals surface area contributed by atoms with Gasteiger partial charge in [-0.1, -0.05) is 0 Å². The molecule has 0 fully saturated rings. The Kier molecular flexibility index (Phi) is 12.0. The van der Waals surface area contributed by atoms with E-state index < -0.39 is 6.55 Å². The van der Waals surface area contributed by atoms with E-state index in [0.717, 1.165) is 11.0 Å². The Hall–Kier alpha value is -0.970. The Bertz CT molecular complexity index is 428. The minimum atomic E-state index is -2.60. The lowest BCUT2D eigenvalue weighted by molar-refractivity contribution is 0.0671. The largest absolute Gasteiger partial charge is 0.382 e. The number of ether oxygens (including phenoxy) is 1. The van der Waals surface area contributed by atoms with Gasteiger partial charge in [-0.05, 0) is 20.3 Å². The van der Waals surface area contributed by atoms with Crippen LogP contribution in [-0.4, -0.2) is 41.8 Å². The molecule has 2 N–H and O–H groups in total. The molecule has 1 aromatic heterocycles. The van der Waals surface area contributed by atoms with E-state index in [4.69, 9.17) is 4.74 Å². The van der Waals surface area contributed by atoms with Gasteiger partial charge in [0.25, 0.3) is 0 Å². The highest BCUT2D eigenvalue weighted by atomic mass is 127. The third kappa shape index (κ3) is 7.87. The summed E-state index contributed by atoms with van der Waals surface area (Å²) in [6, 6.07) is 0. The first-order valence-electron chi connectivity index (χ1n) is 7.08. The van der Waals surface area contributed by atoms with Gasteiger partial charge in [-0.25, -0.2) is 9.98 Å². The monoisotopic (exact) mass is 431 g/mol. The van der Waals surface area contributed by atoms with E-state index in [2.05, 4.69) is 20.6 Å². The van der Waals surface area contributed by atoms with Crippen molar-refractivity contribution in [3.05, 3.63) is 18.2 Å². The fraction of sp³-hybridized carbons (Fsp3) is 0.692. The highest BCUT2D eigenvalue weighted by molar-refractivity contribution is 14.0. The van der Waals surface area contributed by atoms with Crippen LogP contribution in [-0.2, 0) is 11.3 Å². The van der Waals surface area contributed by atoms with Crippen molar-refractivity contribution < 1.29 is 13.5 Å². The summed E-state index contributed by atoms with van der Waals surface area (Å²) in [5.41, 5.74) is 0. The van der Waals surface area contributed by atoms with Crippen molar-refractivity contribution in [1.29, 1.82) is 0 Å². The van der Waals surface area contributed by atoms with Crippen molar-refractivity contribution in [2.75, 3.05) is 26.3 Å². The number of alkyl halides is 2. The van der Waals surface area contributed by atoms with Gasteiger partial charge in [-0.15, -0.1) is 24.0 Å². The average Bonchev–Trinajstić information content (AvgIpc) is 2.93. The molecule has 0 unspecified atom stereocenters.